The Hall–Kier alpha value is -1.55. The minimum absolute atomic E-state index is 0.0751. The van der Waals surface area contributed by atoms with Crippen LogP contribution in [-0.4, -0.2) is 53.5 Å². The molecule has 1 N–H and O–H groups in total. The van der Waals surface area contributed by atoms with Gasteiger partial charge in [-0.1, -0.05) is 0 Å². The maximum Gasteiger partial charge on any atom is 0.253 e. The molecule has 1 aliphatic carbocycles. The lowest BCUT2D eigenvalue weighted by Crippen LogP contribution is -2.49. The van der Waals surface area contributed by atoms with Crippen molar-refractivity contribution in [1.82, 2.24) is 9.80 Å². The third kappa shape index (κ3) is 3.07. The smallest absolute Gasteiger partial charge is 0.253 e. The average Bonchev–Trinajstić information content (AvgIpc) is 3.24. The van der Waals surface area contributed by atoms with Gasteiger partial charge < -0.3 is 10.0 Å². The van der Waals surface area contributed by atoms with Crippen LogP contribution in [0.15, 0.2) is 24.3 Å². The van der Waals surface area contributed by atoms with Crippen molar-refractivity contribution in [1.29, 1.82) is 0 Å². The lowest BCUT2D eigenvalue weighted by molar-refractivity contribution is 0.0632. The second-order valence-electron chi connectivity index (χ2n) is 5.58. The number of carbonyl (C=O) groups is 1. The lowest BCUT2D eigenvalue weighted by Gasteiger charge is -2.34. The highest BCUT2D eigenvalue weighted by molar-refractivity contribution is 5.94. The van der Waals surface area contributed by atoms with Crippen LogP contribution in [0.2, 0.25) is 0 Å². The summed E-state index contributed by atoms with van der Waals surface area (Å²) in [6.45, 7) is 4.81. The van der Waals surface area contributed by atoms with Gasteiger partial charge in [-0.15, -0.1) is 0 Å². The first-order valence-corrected chi connectivity index (χ1v) is 7.03. The molecule has 1 saturated carbocycles. The van der Waals surface area contributed by atoms with E-state index in [1.54, 1.807) is 24.3 Å². The van der Waals surface area contributed by atoms with E-state index in [1.807, 2.05) is 4.90 Å². The molecule has 0 radical (unpaired) electrons. The van der Waals surface area contributed by atoms with Gasteiger partial charge >= 0.3 is 0 Å². The van der Waals surface area contributed by atoms with E-state index in [4.69, 9.17) is 0 Å². The number of piperazine rings is 1. The van der Waals surface area contributed by atoms with Crippen LogP contribution in [0.25, 0.3) is 0 Å². The van der Waals surface area contributed by atoms with Crippen molar-refractivity contribution in [3.05, 3.63) is 29.8 Å². The number of hydrogen-bond acceptors (Lipinski definition) is 3. The molecule has 1 heterocycles. The zero-order valence-corrected chi connectivity index (χ0v) is 11.1. The molecule has 3 rings (SSSR count). The van der Waals surface area contributed by atoms with Crippen LogP contribution in [-0.2, 0) is 0 Å². The minimum Gasteiger partial charge on any atom is -0.508 e. The molecule has 1 aromatic rings. The van der Waals surface area contributed by atoms with Crippen molar-refractivity contribution in [3.63, 3.8) is 0 Å². The molecule has 0 bridgehead atoms. The zero-order valence-electron chi connectivity index (χ0n) is 11.1. The number of rotatable bonds is 3. The Balaban J connectivity index is 1.55. The van der Waals surface area contributed by atoms with E-state index in [-0.39, 0.29) is 11.7 Å². The summed E-state index contributed by atoms with van der Waals surface area (Å²) in [5.74, 6) is 1.19. The van der Waals surface area contributed by atoms with E-state index >= 15 is 0 Å². The third-order valence-electron chi connectivity index (χ3n) is 3.99. The van der Waals surface area contributed by atoms with Crippen molar-refractivity contribution in [2.45, 2.75) is 12.8 Å². The molecule has 0 unspecified atom stereocenters. The van der Waals surface area contributed by atoms with Crippen LogP contribution < -0.4 is 0 Å². The summed E-state index contributed by atoms with van der Waals surface area (Å²) in [5, 5.41) is 9.24. The monoisotopic (exact) mass is 260 g/mol. The van der Waals surface area contributed by atoms with Crippen LogP contribution in [0.1, 0.15) is 23.2 Å². The number of nitrogens with zero attached hydrogens (tertiary/aromatic N) is 2. The quantitative estimate of drug-likeness (QED) is 0.897. The fourth-order valence-electron chi connectivity index (χ4n) is 2.59. The highest BCUT2D eigenvalue weighted by Gasteiger charge is 2.27. The van der Waals surface area contributed by atoms with Gasteiger partial charge in [0.1, 0.15) is 5.75 Å². The van der Waals surface area contributed by atoms with Gasteiger partial charge in [0.15, 0.2) is 0 Å². The Morgan fingerprint density at radius 3 is 2.32 bits per heavy atom. The minimum atomic E-state index is 0.0751. The van der Waals surface area contributed by atoms with Crippen molar-refractivity contribution in [3.8, 4) is 5.75 Å². The van der Waals surface area contributed by atoms with E-state index in [9.17, 15) is 9.90 Å². The standard InChI is InChI=1S/C15H20N2O2/c18-14-5-3-13(4-6-14)15(19)17-9-7-16(8-10-17)11-12-1-2-12/h3-6,12,18H,1-2,7-11H2. The Morgan fingerprint density at radius 2 is 1.74 bits per heavy atom. The summed E-state index contributed by atoms with van der Waals surface area (Å²) < 4.78 is 0. The van der Waals surface area contributed by atoms with Gasteiger partial charge in [0.2, 0.25) is 0 Å². The van der Waals surface area contributed by atoms with Crippen LogP contribution in [0.5, 0.6) is 5.75 Å². The number of phenolic OH excluding ortho intramolecular Hbond substituents is 1. The Labute approximate surface area is 113 Å². The summed E-state index contributed by atoms with van der Waals surface area (Å²) in [6.07, 6.45) is 2.76. The molecule has 2 fully saturated rings. The molecule has 4 nitrogen and oxygen atoms in total. The predicted octanol–water partition coefficient (Wildman–Crippen LogP) is 1.56. The fraction of sp³-hybridized carbons (Fsp3) is 0.533. The third-order valence-corrected chi connectivity index (χ3v) is 3.99. The highest BCUT2D eigenvalue weighted by atomic mass is 16.3. The first-order chi connectivity index (χ1) is 9.22. The van der Waals surface area contributed by atoms with Crippen molar-refractivity contribution in [2.24, 2.45) is 5.92 Å². The summed E-state index contributed by atoms with van der Waals surface area (Å²) >= 11 is 0. The molecule has 19 heavy (non-hydrogen) atoms. The van der Waals surface area contributed by atoms with E-state index in [1.165, 1.54) is 19.4 Å². The van der Waals surface area contributed by atoms with Gasteiger partial charge in [-0.2, -0.15) is 0 Å². The molecule has 4 heteroatoms. The Morgan fingerprint density at radius 1 is 1.11 bits per heavy atom. The van der Waals surface area contributed by atoms with E-state index < -0.39 is 0 Å². The highest BCUT2D eigenvalue weighted by Crippen LogP contribution is 2.30. The zero-order chi connectivity index (χ0) is 13.2. The number of aromatic hydroxyl groups is 1. The molecule has 1 amide bonds. The normalized spacial score (nSPS) is 20.5. The molecule has 0 atom stereocenters. The average molecular weight is 260 g/mol. The molecule has 1 aromatic carbocycles. The lowest BCUT2D eigenvalue weighted by atomic mass is 10.1. The molecular formula is C15H20N2O2. The van der Waals surface area contributed by atoms with Gasteiger partial charge in [-0.25, -0.2) is 0 Å². The molecule has 1 saturated heterocycles. The van der Waals surface area contributed by atoms with Crippen molar-refractivity contribution >= 4 is 5.91 Å². The van der Waals surface area contributed by atoms with E-state index in [0.29, 0.717) is 5.56 Å². The Kier molecular flexibility index (Phi) is 3.42. The molecule has 2 aliphatic rings. The van der Waals surface area contributed by atoms with Gasteiger partial charge in [0.05, 0.1) is 0 Å². The van der Waals surface area contributed by atoms with Crippen molar-refractivity contribution in [2.75, 3.05) is 32.7 Å². The van der Waals surface area contributed by atoms with Gasteiger partial charge in [0, 0.05) is 38.3 Å². The summed E-state index contributed by atoms with van der Waals surface area (Å²) in [5.41, 5.74) is 0.661. The largest absolute Gasteiger partial charge is 0.508 e. The number of carbonyl (C=O) groups excluding carboxylic acids is 1. The molecule has 102 valence electrons. The van der Waals surface area contributed by atoms with E-state index in [2.05, 4.69) is 4.90 Å². The number of amides is 1. The summed E-state index contributed by atoms with van der Waals surface area (Å²) in [7, 11) is 0. The predicted molar refractivity (Wildman–Crippen MR) is 73.2 cm³/mol. The molecule has 0 aromatic heterocycles. The second-order valence-corrected chi connectivity index (χ2v) is 5.58. The van der Waals surface area contributed by atoms with Crippen LogP contribution in [0.3, 0.4) is 0 Å². The van der Waals surface area contributed by atoms with Crippen LogP contribution in [0.4, 0.5) is 0 Å². The summed E-state index contributed by atoms with van der Waals surface area (Å²) in [6, 6.07) is 6.51. The molecule has 1 aliphatic heterocycles. The van der Waals surface area contributed by atoms with Crippen molar-refractivity contribution < 1.29 is 9.90 Å². The number of benzene rings is 1. The molecule has 0 spiro atoms. The second kappa shape index (κ2) is 5.21. The summed E-state index contributed by atoms with van der Waals surface area (Å²) in [4.78, 5) is 16.7. The number of phenols is 1. The van der Waals surface area contributed by atoms with Gasteiger partial charge in [0.25, 0.3) is 5.91 Å². The SMILES string of the molecule is O=C(c1ccc(O)cc1)N1CCN(CC2CC2)CC1. The first-order valence-electron chi connectivity index (χ1n) is 7.03. The van der Waals surface area contributed by atoms with E-state index in [0.717, 1.165) is 32.1 Å². The van der Waals surface area contributed by atoms with Gasteiger partial charge in [-0.05, 0) is 43.0 Å². The van der Waals surface area contributed by atoms with Crippen LogP contribution in [0, 0.1) is 5.92 Å². The first kappa shape index (κ1) is 12.5. The maximum absolute atomic E-state index is 12.3. The Bertz CT molecular complexity index is 446. The maximum atomic E-state index is 12.3. The fourth-order valence-corrected chi connectivity index (χ4v) is 2.59. The van der Waals surface area contributed by atoms with Gasteiger partial charge in [-0.3, -0.25) is 9.69 Å². The van der Waals surface area contributed by atoms with Crippen LogP contribution >= 0.6 is 0 Å². The topological polar surface area (TPSA) is 43.8 Å². The number of hydrogen-bond donors (Lipinski definition) is 1. The molecular weight excluding hydrogens is 240 g/mol.